The molecule has 0 fully saturated rings. The van der Waals surface area contributed by atoms with Crippen LogP contribution < -0.4 is 14.8 Å². The van der Waals surface area contributed by atoms with Crippen molar-refractivity contribution in [3.63, 3.8) is 0 Å². The number of benzene rings is 1. The Morgan fingerprint density at radius 1 is 1.29 bits per heavy atom. The first-order valence-corrected chi connectivity index (χ1v) is 6.63. The number of nitrogens with zero attached hydrogens (tertiary/aromatic N) is 2. The van der Waals surface area contributed by atoms with Gasteiger partial charge in [0.1, 0.15) is 22.5 Å². The zero-order valence-corrected chi connectivity index (χ0v) is 12.5. The summed E-state index contributed by atoms with van der Waals surface area (Å²) in [5.74, 6) is 1.72. The highest BCUT2D eigenvalue weighted by atomic mass is 35.5. The summed E-state index contributed by atoms with van der Waals surface area (Å²) in [6.07, 6.45) is 2.17. The first-order chi connectivity index (χ1) is 10.1. The van der Waals surface area contributed by atoms with E-state index in [2.05, 4.69) is 15.3 Å². The lowest BCUT2D eigenvalue weighted by molar-refractivity contribution is 0.186. The Morgan fingerprint density at radius 3 is 2.76 bits per heavy atom. The summed E-state index contributed by atoms with van der Waals surface area (Å²) in [4.78, 5) is 7.95. The van der Waals surface area contributed by atoms with E-state index in [1.807, 2.05) is 0 Å². The van der Waals surface area contributed by atoms with Crippen LogP contribution in [0.2, 0.25) is 5.15 Å². The molecule has 0 spiro atoms. The molecule has 2 rings (SSSR count). The molecular weight excluding hydrogens is 294 g/mol. The maximum Gasteiger partial charge on any atom is 0.149 e. The van der Waals surface area contributed by atoms with Gasteiger partial charge in [0, 0.05) is 12.1 Å². The van der Waals surface area contributed by atoms with Gasteiger partial charge in [0.15, 0.2) is 0 Å². The van der Waals surface area contributed by atoms with Gasteiger partial charge in [-0.15, -0.1) is 0 Å². The summed E-state index contributed by atoms with van der Waals surface area (Å²) in [5.41, 5.74) is 0.624. The first kappa shape index (κ1) is 15.3. The Labute approximate surface area is 127 Å². The van der Waals surface area contributed by atoms with E-state index in [9.17, 15) is 5.11 Å². The fourth-order valence-corrected chi connectivity index (χ4v) is 1.99. The number of hydrogen-bond donors (Lipinski definition) is 2. The third-order valence-corrected chi connectivity index (χ3v) is 3.06. The summed E-state index contributed by atoms with van der Waals surface area (Å²) in [5, 5.41) is 13.6. The van der Waals surface area contributed by atoms with Crippen molar-refractivity contribution >= 4 is 17.4 Å². The van der Waals surface area contributed by atoms with Gasteiger partial charge in [-0.1, -0.05) is 11.6 Å². The minimum atomic E-state index is -0.796. The van der Waals surface area contributed by atoms with Crippen LogP contribution in [0.1, 0.15) is 11.7 Å². The van der Waals surface area contributed by atoms with Crippen molar-refractivity contribution in [3.8, 4) is 11.5 Å². The second-order valence-corrected chi connectivity index (χ2v) is 4.62. The maximum atomic E-state index is 10.3. The summed E-state index contributed by atoms with van der Waals surface area (Å²) in [6.45, 7) is 0.235. The largest absolute Gasteiger partial charge is 0.497 e. The van der Waals surface area contributed by atoms with Crippen molar-refractivity contribution in [1.82, 2.24) is 9.97 Å². The number of aliphatic hydroxyl groups is 1. The summed E-state index contributed by atoms with van der Waals surface area (Å²) in [7, 11) is 3.12. The quantitative estimate of drug-likeness (QED) is 0.852. The van der Waals surface area contributed by atoms with Gasteiger partial charge in [-0.05, 0) is 18.2 Å². The number of halogens is 1. The molecule has 2 N–H and O–H groups in total. The van der Waals surface area contributed by atoms with Crippen LogP contribution in [-0.2, 0) is 0 Å². The number of hydrogen-bond acceptors (Lipinski definition) is 6. The van der Waals surface area contributed by atoms with Gasteiger partial charge >= 0.3 is 0 Å². The average molecular weight is 310 g/mol. The maximum absolute atomic E-state index is 10.3. The van der Waals surface area contributed by atoms with Gasteiger partial charge < -0.3 is 19.9 Å². The van der Waals surface area contributed by atoms with E-state index in [1.54, 1.807) is 32.4 Å². The highest BCUT2D eigenvalue weighted by molar-refractivity contribution is 6.29. The summed E-state index contributed by atoms with van der Waals surface area (Å²) in [6, 6.07) is 5.25. The molecule has 0 aliphatic carbocycles. The van der Waals surface area contributed by atoms with Crippen LogP contribution in [0.25, 0.3) is 0 Å². The van der Waals surface area contributed by atoms with Gasteiger partial charge in [0.25, 0.3) is 0 Å². The van der Waals surface area contributed by atoms with Gasteiger partial charge in [-0.2, -0.15) is 0 Å². The fraction of sp³-hybridized carbons (Fsp3) is 0.286. The molecule has 21 heavy (non-hydrogen) atoms. The van der Waals surface area contributed by atoms with Crippen molar-refractivity contribution in [2.45, 2.75) is 6.10 Å². The van der Waals surface area contributed by atoms with Crippen LogP contribution in [0, 0.1) is 0 Å². The number of anilines is 1. The molecule has 0 unspecified atom stereocenters. The highest BCUT2D eigenvalue weighted by Gasteiger charge is 2.14. The monoisotopic (exact) mass is 309 g/mol. The van der Waals surface area contributed by atoms with Gasteiger partial charge in [-0.3, -0.25) is 4.98 Å². The van der Waals surface area contributed by atoms with Crippen LogP contribution >= 0.6 is 11.6 Å². The van der Waals surface area contributed by atoms with E-state index in [1.165, 1.54) is 12.4 Å². The number of aliphatic hydroxyl groups excluding tert-OH is 1. The van der Waals surface area contributed by atoms with Crippen molar-refractivity contribution in [3.05, 3.63) is 41.3 Å². The molecule has 1 atom stereocenters. The Kier molecular flexibility index (Phi) is 5.19. The lowest BCUT2D eigenvalue weighted by Crippen LogP contribution is -2.14. The zero-order valence-electron chi connectivity index (χ0n) is 11.7. The average Bonchev–Trinajstić information content (AvgIpc) is 2.52. The van der Waals surface area contributed by atoms with Crippen LogP contribution in [0.5, 0.6) is 11.5 Å². The van der Waals surface area contributed by atoms with Crippen molar-refractivity contribution in [2.75, 3.05) is 26.1 Å². The zero-order chi connectivity index (χ0) is 15.2. The Hall–Kier alpha value is -2.05. The van der Waals surface area contributed by atoms with E-state index in [-0.39, 0.29) is 11.7 Å². The molecule has 2 aromatic rings. The molecule has 0 saturated heterocycles. The Balaban J connectivity index is 2.10. The van der Waals surface area contributed by atoms with Crippen LogP contribution in [0.3, 0.4) is 0 Å². The second kappa shape index (κ2) is 7.10. The topological polar surface area (TPSA) is 76.5 Å². The summed E-state index contributed by atoms with van der Waals surface area (Å²) < 4.78 is 10.4. The molecule has 0 aliphatic heterocycles. The first-order valence-electron chi connectivity index (χ1n) is 6.25. The Morgan fingerprint density at radius 2 is 2.10 bits per heavy atom. The predicted molar refractivity (Wildman–Crippen MR) is 80.0 cm³/mol. The molecule has 0 saturated carbocycles. The van der Waals surface area contributed by atoms with E-state index in [0.29, 0.717) is 22.9 Å². The lowest BCUT2D eigenvalue weighted by Gasteiger charge is -2.16. The molecule has 6 nitrogen and oxygen atoms in total. The van der Waals surface area contributed by atoms with E-state index in [4.69, 9.17) is 21.1 Å². The molecule has 0 radical (unpaired) electrons. The van der Waals surface area contributed by atoms with E-state index in [0.717, 1.165) is 0 Å². The van der Waals surface area contributed by atoms with Crippen molar-refractivity contribution < 1.29 is 14.6 Å². The molecule has 1 aromatic heterocycles. The normalized spacial score (nSPS) is 11.8. The third-order valence-electron chi connectivity index (χ3n) is 2.88. The molecule has 112 valence electrons. The molecular formula is C14H16ClN3O3. The van der Waals surface area contributed by atoms with Gasteiger partial charge in [0.05, 0.1) is 32.7 Å². The van der Waals surface area contributed by atoms with Crippen LogP contribution in [-0.4, -0.2) is 35.8 Å². The number of aromatic nitrogens is 2. The molecule has 0 amide bonds. The van der Waals surface area contributed by atoms with Crippen LogP contribution in [0.15, 0.2) is 30.6 Å². The number of nitrogens with one attached hydrogen (secondary N) is 1. The number of ether oxygens (including phenoxy) is 2. The SMILES string of the molecule is COc1ccc(OC)c([C@H](O)CNc2cncc(Cl)n2)c1. The van der Waals surface area contributed by atoms with Crippen molar-refractivity contribution in [1.29, 1.82) is 0 Å². The number of rotatable bonds is 6. The Bertz CT molecular complexity index is 610. The minimum absolute atomic E-state index is 0.235. The number of methoxy groups -OCH3 is 2. The molecule has 7 heteroatoms. The van der Waals surface area contributed by atoms with Gasteiger partial charge in [0.2, 0.25) is 0 Å². The van der Waals surface area contributed by atoms with Crippen molar-refractivity contribution in [2.24, 2.45) is 0 Å². The minimum Gasteiger partial charge on any atom is -0.497 e. The van der Waals surface area contributed by atoms with E-state index < -0.39 is 6.10 Å². The summed E-state index contributed by atoms with van der Waals surface area (Å²) >= 11 is 5.75. The molecule has 0 aliphatic rings. The highest BCUT2D eigenvalue weighted by Crippen LogP contribution is 2.29. The standard InChI is InChI=1S/C14H16ClN3O3/c1-20-9-3-4-12(21-2)10(5-9)11(19)6-17-14-8-16-7-13(15)18-14/h3-5,7-8,11,19H,6H2,1-2H3,(H,17,18)/t11-/m1/s1. The fourth-order valence-electron chi connectivity index (χ4n) is 1.84. The lowest BCUT2D eigenvalue weighted by atomic mass is 10.1. The smallest absolute Gasteiger partial charge is 0.149 e. The third kappa shape index (κ3) is 3.96. The molecule has 1 heterocycles. The van der Waals surface area contributed by atoms with Crippen LogP contribution in [0.4, 0.5) is 5.82 Å². The van der Waals surface area contributed by atoms with E-state index >= 15 is 0 Å². The second-order valence-electron chi connectivity index (χ2n) is 4.23. The molecule has 1 aromatic carbocycles. The van der Waals surface area contributed by atoms with Gasteiger partial charge in [-0.25, -0.2) is 4.98 Å². The predicted octanol–water partition coefficient (Wildman–Crippen LogP) is 2.29. The molecule has 0 bridgehead atoms.